The number of hydrogen-bond donors (Lipinski definition) is 1. The van der Waals surface area contributed by atoms with E-state index in [0.29, 0.717) is 5.92 Å². The molecule has 0 saturated heterocycles. The van der Waals surface area contributed by atoms with E-state index in [2.05, 4.69) is 191 Å². The van der Waals surface area contributed by atoms with Gasteiger partial charge in [0.15, 0.2) is 0 Å². The van der Waals surface area contributed by atoms with E-state index in [4.69, 9.17) is 37.9 Å². The normalized spacial score (nSPS) is 26.4. The van der Waals surface area contributed by atoms with E-state index in [-0.39, 0.29) is 27.2 Å². The van der Waals surface area contributed by atoms with Crippen molar-refractivity contribution in [2.75, 3.05) is 55.6 Å². The molecule has 9 nitrogen and oxygen atoms in total. The van der Waals surface area contributed by atoms with Gasteiger partial charge in [-0.1, -0.05) is 121 Å². The fourth-order valence-electron chi connectivity index (χ4n) is 11.9. The lowest BCUT2D eigenvalue weighted by molar-refractivity contribution is -0.203. The third-order valence-corrected chi connectivity index (χ3v) is 17.8. The van der Waals surface area contributed by atoms with Crippen molar-refractivity contribution in [3.63, 3.8) is 0 Å². The second-order valence-corrected chi connectivity index (χ2v) is 22.8. The molecule has 3 fully saturated rings. The largest absolute Gasteiger partial charge is 0.385 e. The molecule has 0 heterocycles. The maximum absolute atomic E-state index is 12.0. The van der Waals surface area contributed by atoms with Crippen LogP contribution < -0.4 is 0 Å². The predicted octanol–water partition coefficient (Wildman–Crippen LogP) is 14.6. The summed E-state index contributed by atoms with van der Waals surface area (Å²) in [5, 5.41) is 12.0. The molecule has 0 bridgehead atoms. The molecule has 0 aliphatic heterocycles. The second-order valence-electron chi connectivity index (χ2n) is 20.4. The molecule has 0 aromatic heterocycles. The Morgan fingerprint density at radius 2 is 0.603 bits per heavy atom. The van der Waals surface area contributed by atoms with Crippen molar-refractivity contribution in [1.29, 1.82) is 0 Å². The van der Waals surface area contributed by atoms with Gasteiger partial charge in [0.05, 0.1) is 28.0 Å². The van der Waals surface area contributed by atoms with Crippen LogP contribution in [0, 0.1) is 7.14 Å². The Kier molecular flexibility index (Phi) is 18.0. The third-order valence-electron chi connectivity index (χ3n) is 16.4. The van der Waals surface area contributed by atoms with Crippen LogP contribution in [0.3, 0.4) is 0 Å². The number of hydrogen-bond acceptors (Lipinski definition) is 9. The van der Waals surface area contributed by atoms with Crippen LogP contribution in [0.2, 0.25) is 0 Å². The van der Waals surface area contributed by atoms with Crippen LogP contribution in [-0.2, 0) is 65.9 Å². The Bertz CT molecular complexity index is 2650. The maximum atomic E-state index is 12.0. The first-order chi connectivity index (χ1) is 35.5. The van der Waals surface area contributed by atoms with Crippen LogP contribution in [0.25, 0.3) is 22.3 Å². The molecule has 73 heavy (non-hydrogen) atoms. The number of halogens is 2. The van der Waals surface area contributed by atoms with E-state index in [0.717, 1.165) is 105 Å². The van der Waals surface area contributed by atoms with Gasteiger partial charge in [0, 0.05) is 35.6 Å². The summed E-state index contributed by atoms with van der Waals surface area (Å²) >= 11 is 4.69. The fourth-order valence-corrected chi connectivity index (χ4v) is 12.7. The Labute approximate surface area is 459 Å². The molecule has 3 aliphatic rings. The summed E-state index contributed by atoms with van der Waals surface area (Å²) < 4.78 is 50.2. The van der Waals surface area contributed by atoms with Crippen LogP contribution in [0.15, 0.2) is 146 Å². The van der Waals surface area contributed by atoms with Crippen molar-refractivity contribution in [3.05, 3.63) is 186 Å². The van der Waals surface area contributed by atoms with E-state index in [9.17, 15) is 5.11 Å². The zero-order chi connectivity index (χ0) is 50.9. The van der Waals surface area contributed by atoms with Crippen molar-refractivity contribution >= 4 is 45.2 Å². The molecular formula is C62H70I2O9. The minimum atomic E-state index is -0.853. The molecule has 386 valence electrons. The number of rotatable bonds is 20. The summed E-state index contributed by atoms with van der Waals surface area (Å²) in [6.45, 7) is 0.901. The predicted molar refractivity (Wildman–Crippen MR) is 303 cm³/mol. The van der Waals surface area contributed by atoms with Crippen LogP contribution >= 0.6 is 45.2 Å². The molecule has 9 rings (SSSR count). The Hall–Kier alpha value is -3.58. The molecule has 0 spiro atoms. The van der Waals surface area contributed by atoms with Gasteiger partial charge in [-0.05, 0) is 208 Å². The van der Waals surface area contributed by atoms with Gasteiger partial charge in [0.2, 0.25) is 0 Å². The van der Waals surface area contributed by atoms with Gasteiger partial charge < -0.3 is 43.0 Å². The molecule has 1 N–H and O–H groups in total. The van der Waals surface area contributed by atoms with Gasteiger partial charge in [-0.25, -0.2) is 0 Å². The second kappa shape index (κ2) is 24.2. The van der Waals surface area contributed by atoms with Crippen LogP contribution in [0.1, 0.15) is 116 Å². The lowest BCUT2D eigenvalue weighted by Gasteiger charge is -2.46. The molecule has 0 radical (unpaired) electrons. The highest BCUT2D eigenvalue weighted by molar-refractivity contribution is 14.1. The Morgan fingerprint density at radius 1 is 0.356 bits per heavy atom. The Morgan fingerprint density at radius 3 is 0.877 bits per heavy atom. The molecule has 0 unspecified atom stereocenters. The Balaban J connectivity index is 0.813. The van der Waals surface area contributed by atoms with Gasteiger partial charge in [-0.2, -0.15) is 0 Å². The molecule has 0 atom stereocenters. The van der Waals surface area contributed by atoms with Crippen molar-refractivity contribution in [3.8, 4) is 22.3 Å². The summed E-state index contributed by atoms with van der Waals surface area (Å²) in [6, 6.07) is 52.5. The molecule has 6 aromatic rings. The van der Waals surface area contributed by atoms with Crippen LogP contribution in [0.5, 0.6) is 0 Å². The number of benzene rings is 6. The zero-order valence-electron chi connectivity index (χ0n) is 42.7. The van der Waals surface area contributed by atoms with Crippen molar-refractivity contribution < 1.29 is 43.0 Å². The minimum Gasteiger partial charge on any atom is -0.385 e. The van der Waals surface area contributed by atoms with Crippen LogP contribution in [0.4, 0.5) is 0 Å². The van der Waals surface area contributed by atoms with Gasteiger partial charge in [-0.15, -0.1) is 0 Å². The lowest BCUT2D eigenvalue weighted by atomic mass is 9.70. The SMILES string of the molecule is COCOC1(c2ccc(I)cc2)CCC(OCOC)(c2ccc(-c3ccc(C4CCC(O)(c5ccc(-c6ccc(C7(OCOC)CCC(OCOC)(c8ccc(I)cc8)CC7)cc6)cc5)CC4)cc3)cc2)CC1. The van der Waals surface area contributed by atoms with E-state index >= 15 is 0 Å². The standard InChI is InChI=1S/C62H70I2O9/c1-66-41-70-59(33-37-61(38-34-59,72-43-68-3)54-21-25-56(63)26-22-54)52-17-11-48(12-18-52)45-5-7-46(8-6-45)50-29-31-58(65,32-30-50)51-15-9-47(10-16-51)49-13-19-53(20-14-49)60(71-42-67-2)35-39-62(40-36-60,73-44-69-4)55-23-27-57(64)28-24-55/h5-28,50,65H,29-44H2,1-4H3. The summed E-state index contributed by atoms with van der Waals surface area (Å²) in [4.78, 5) is 0. The lowest BCUT2D eigenvalue weighted by Crippen LogP contribution is -2.43. The highest BCUT2D eigenvalue weighted by atomic mass is 127. The van der Waals surface area contributed by atoms with Crippen LogP contribution in [-0.4, -0.2) is 60.7 Å². The first-order valence-corrected chi connectivity index (χ1v) is 27.8. The zero-order valence-corrected chi connectivity index (χ0v) is 47.0. The summed E-state index contributed by atoms with van der Waals surface area (Å²) in [5.41, 5.74) is 8.80. The van der Waals surface area contributed by atoms with Crippen molar-refractivity contribution in [1.82, 2.24) is 0 Å². The third kappa shape index (κ3) is 12.0. The van der Waals surface area contributed by atoms with Gasteiger partial charge in [0.1, 0.15) is 27.2 Å². The molecule has 11 heteroatoms. The first-order valence-electron chi connectivity index (χ1n) is 25.7. The van der Waals surface area contributed by atoms with E-state index in [1.165, 1.54) is 35.0 Å². The topological polar surface area (TPSA) is 94.1 Å². The number of ether oxygens (including phenoxy) is 8. The smallest absolute Gasteiger partial charge is 0.147 e. The molecule has 3 aliphatic carbocycles. The average molecular weight is 1210 g/mol. The van der Waals surface area contributed by atoms with E-state index < -0.39 is 28.0 Å². The fraction of sp³-hybridized carbons (Fsp3) is 0.419. The maximum Gasteiger partial charge on any atom is 0.147 e. The summed E-state index contributed by atoms with van der Waals surface area (Å²) in [6.07, 6.45) is 9.58. The van der Waals surface area contributed by atoms with Crippen molar-refractivity contribution in [2.24, 2.45) is 0 Å². The quantitative estimate of drug-likeness (QED) is 0.0592. The van der Waals surface area contributed by atoms with E-state index in [1.807, 2.05) is 0 Å². The van der Waals surface area contributed by atoms with E-state index in [1.54, 1.807) is 28.4 Å². The van der Waals surface area contributed by atoms with Crippen molar-refractivity contribution in [2.45, 2.75) is 111 Å². The molecule has 3 saturated carbocycles. The molecule has 0 amide bonds. The van der Waals surface area contributed by atoms with Gasteiger partial charge in [0.25, 0.3) is 0 Å². The first kappa shape index (κ1) is 54.2. The monoisotopic (exact) mass is 1210 g/mol. The highest BCUT2D eigenvalue weighted by Gasteiger charge is 2.48. The van der Waals surface area contributed by atoms with Gasteiger partial charge >= 0.3 is 0 Å². The molecule has 6 aromatic carbocycles. The summed E-state index contributed by atoms with van der Waals surface area (Å²) in [7, 11) is 6.70. The average Bonchev–Trinajstić information content (AvgIpc) is 3.44. The minimum absolute atomic E-state index is 0.211. The molecular weight excluding hydrogens is 1140 g/mol. The number of aliphatic hydroxyl groups is 1. The van der Waals surface area contributed by atoms with Gasteiger partial charge in [-0.3, -0.25) is 0 Å². The highest BCUT2D eigenvalue weighted by Crippen LogP contribution is 2.52. The summed E-state index contributed by atoms with van der Waals surface area (Å²) in [5.74, 6) is 0.398. The number of methoxy groups -OCH3 is 4.